The Labute approximate surface area is 155 Å². The lowest BCUT2D eigenvalue weighted by molar-refractivity contribution is 0.418. The molecule has 1 rings (SSSR count). The zero-order chi connectivity index (χ0) is 17.1. The maximum Gasteiger partial charge on any atom is 0.128 e. The van der Waals surface area contributed by atoms with E-state index in [1.165, 1.54) is 17.3 Å². The standard InChI is InChI=1S/C20H29IN2/c1-5-7-17(4)19-12-14-22-20(23-19)10-9-18(8-6-2)15-16(3)11-13-21/h5-8,12,14,16,18H,4,9-11,13,15H2,1-3H3/b7-5-,8-6-/t16-,18?/m1/s1. The van der Waals surface area contributed by atoms with Crippen LogP contribution >= 0.6 is 22.6 Å². The summed E-state index contributed by atoms with van der Waals surface area (Å²) < 4.78 is 1.24. The summed E-state index contributed by atoms with van der Waals surface area (Å²) >= 11 is 2.47. The molecule has 0 bridgehead atoms. The van der Waals surface area contributed by atoms with Gasteiger partial charge in [-0.25, -0.2) is 9.97 Å². The van der Waals surface area contributed by atoms with E-state index in [-0.39, 0.29) is 0 Å². The quantitative estimate of drug-likeness (QED) is 0.198. The molecule has 0 aromatic carbocycles. The van der Waals surface area contributed by atoms with Crippen molar-refractivity contribution in [2.45, 2.75) is 46.5 Å². The summed E-state index contributed by atoms with van der Waals surface area (Å²) in [6.45, 7) is 10.5. The summed E-state index contributed by atoms with van der Waals surface area (Å²) in [5, 5.41) is 0. The Kier molecular flexibility index (Phi) is 10.1. The second-order valence-corrected chi connectivity index (χ2v) is 7.11. The highest BCUT2D eigenvalue weighted by Gasteiger charge is 2.11. The maximum absolute atomic E-state index is 4.65. The van der Waals surface area contributed by atoms with Gasteiger partial charge in [0.25, 0.3) is 0 Å². The molecule has 0 radical (unpaired) electrons. The third-order valence-electron chi connectivity index (χ3n) is 3.91. The van der Waals surface area contributed by atoms with Gasteiger partial charge in [-0.1, -0.05) is 60.4 Å². The summed E-state index contributed by atoms with van der Waals surface area (Å²) in [5.41, 5.74) is 1.87. The molecule has 0 aliphatic heterocycles. The number of hydrogen-bond acceptors (Lipinski definition) is 2. The van der Waals surface area contributed by atoms with Gasteiger partial charge < -0.3 is 0 Å². The van der Waals surface area contributed by atoms with Crippen LogP contribution in [0, 0.1) is 11.8 Å². The number of hydrogen-bond donors (Lipinski definition) is 0. The smallest absolute Gasteiger partial charge is 0.128 e. The van der Waals surface area contributed by atoms with Gasteiger partial charge in [0.15, 0.2) is 0 Å². The molecule has 126 valence electrons. The first-order chi connectivity index (χ1) is 11.1. The molecule has 0 amide bonds. The molecule has 1 heterocycles. The van der Waals surface area contributed by atoms with Gasteiger partial charge in [0.05, 0.1) is 5.69 Å². The molecule has 0 aliphatic carbocycles. The second kappa shape index (κ2) is 11.5. The number of aryl methyl sites for hydroxylation is 1. The average molecular weight is 424 g/mol. The maximum atomic E-state index is 4.65. The van der Waals surface area contributed by atoms with Crippen molar-refractivity contribution in [1.29, 1.82) is 0 Å². The van der Waals surface area contributed by atoms with Crippen molar-refractivity contribution in [2.24, 2.45) is 11.8 Å². The number of halogens is 1. The van der Waals surface area contributed by atoms with E-state index in [0.29, 0.717) is 5.92 Å². The van der Waals surface area contributed by atoms with Gasteiger partial charge in [0.2, 0.25) is 0 Å². The van der Waals surface area contributed by atoms with E-state index in [4.69, 9.17) is 0 Å². The van der Waals surface area contributed by atoms with E-state index >= 15 is 0 Å². The van der Waals surface area contributed by atoms with Crippen LogP contribution in [0.1, 0.15) is 51.6 Å². The SMILES string of the molecule is C=C(/C=C\C)c1ccnc(CCC(/C=C\C)C[C@H](C)CCI)n1. The van der Waals surface area contributed by atoms with Crippen molar-refractivity contribution < 1.29 is 0 Å². The Bertz CT molecular complexity index is 534. The van der Waals surface area contributed by atoms with Crippen LogP contribution in [0.3, 0.4) is 0 Å². The summed E-state index contributed by atoms with van der Waals surface area (Å²) in [7, 11) is 0. The van der Waals surface area contributed by atoms with Crippen LogP contribution in [0.5, 0.6) is 0 Å². The molecular weight excluding hydrogens is 395 g/mol. The second-order valence-electron chi connectivity index (χ2n) is 6.03. The van der Waals surface area contributed by atoms with Crippen molar-refractivity contribution in [3.8, 4) is 0 Å². The Morgan fingerprint density at radius 2 is 2.09 bits per heavy atom. The predicted molar refractivity (Wildman–Crippen MR) is 110 cm³/mol. The van der Waals surface area contributed by atoms with Crippen molar-refractivity contribution in [3.63, 3.8) is 0 Å². The fourth-order valence-corrected chi connectivity index (χ4v) is 3.75. The van der Waals surface area contributed by atoms with Crippen LogP contribution in [0.2, 0.25) is 0 Å². The zero-order valence-electron chi connectivity index (χ0n) is 14.6. The first-order valence-electron chi connectivity index (χ1n) is 8.43. The number of alkyl halides is 1. The molecule has 2 atom stereocenters. The van der Waals surface area contributed by atoms with Gasteiger partial charge in [-0.3, -0.25) is 0 Å². The van der Waals surface area contributed by atoms with Gasteiger partial charge in [0, 0.05) is 12.6 Å². The molecule has 0 spiro atoms. The van der Waals surface area contributed by atoms with Gasteiger partial charge in [-0.15, -0.1) is 0 Å². The molecular formula is C20H29IN2. The molecule has 3 heteroatoms. The molecule has 0 aliphatic rings. The Hall–Kier alpha value is -0.970. The Morgan fingerprint density at radius 1 is 1.30 bits per heavy atom. The zero-order valence-corrected chi connectivity index (χ0v) is 16.8. The molecule has 0 fully saturated rings. The van der Waals surface area contributed by atoms with Gasteiger partial charge >= 0.3 is 0 Å². The first-order valence-corrected chi connectivity index (χ1v) is 9.95. The van der Waals surface area contributed by atoms with Crippen molar-refractivity contribution >= 4 is 28.2 Å². The normalized spacial score (nSPS) is 14.4. The summed E-state index contributed by atoms with van der Waals surface area (Å²) in [6.07, 6.45) is 14.9. The third kappa shape index (κ3) is 7.91. The minimum Gasteiger partial charge on any atom is -0.241 e. The van der Waals surface area contributed by atoms with Crippen LogP contribution in [0.25, 0.3) is 5.57 Å². The summed E-state index contributed by atoms with van der Waals surface area (Å²) in [4.78, 5) is 9.08. The van der Waals surface area contributed by atoms with Crippen LogP contribution in [0.15, 0.2) is 43.1 Å². The number of aromatic nitrogens is 2. The average Bonchev–Trinajstić information content (AvgIpc) is 2.53. The van der Waals surface area contributed by atoms with Crippen LogP contribution < -0.4 is 0 Å². The molecule has 0 saturated heterocycles. The number of rotatable bonds is 10. The van der Waals surface area contributed by atoms with E-state index in [0.717, 1.165) is 35.9 Å². The summed E-state index contributed by atoms with van der Waals surface area (Å²) in [5.74, 6) is 2.31. The largest absolute Gasteiger partial charge is 0.241 e. The molecule has 1 aromatic heterocycles. The highest BCUT2D eigenvalue weighted by Crippen LogP contribution is 2.22. The lowest BCUT2D eigenvalue weighted by atomic mass is 9.90. The topological polar surface area (TPSA) is 25.8 Å². The number of allylic oxidation sites excluding steroid dienone is 5. The van der Waals surface area contributed by atoms with E-state index in [1.54, 1.807) is 0 Å². The fraction of sp³-hybridized carbons (Fsp3) is 0.500. The molecule has 1 aromatic rings. The Balaban J connectivity index is 2.66. The molecule has 0 N–H and O–H groups in total. The van der Waals surface area contributed by atoms with E-state index < -0.39 is 0 Å². The van der Waals surface area contributed by atoms with Crippen molar-refractivity contribution in [3.05, 3.63) is 54.7 Å². The van der Waals surface area contributed by atoms with Crippen LogP contribution in [-0.2, 0) is 6.42 Å². The van der Waals surface area contributed by atoms with Gasteiger partial charge in [-0.05, 0) is 61.0 Å². The van der Waals surface area contributed by atoms with E-state index in [2.05, 4.69) is 65.1 Å². The van der Waals surface area contributed by atoms with Crippen molar-refractivity contribution in [1.82, 2.24) is 9.97 Å². The van der Waals surface area contributed by atoms with Crippen LogP contribution in [0.4, 0.5) is 0 Å². The highest BCUT2D eigenvalue weighted by atomic mass is 127. The third-order valence-corrected chi connectivity index (χ3v) is 4.54. The molecule has 1 unspecified atom stereocenters. The lowest BCUT2D eigenvalue weighted by Crippen LogP contribution is -2.08. The number of nitrogens with zero attached hydrogens (tertiary/aromatic N) is 2. The summed E-state index contributed by atoms with van der Waals surface area (Å²) in [6, 6.07) is 1.93. The molecule has 2 nitrogen and oxygen atoms in total. The fourth-order valence-electron chi connectivity index (χ4n) is 2.69. The minimum atomic E-state index is 0.615. The van der Waals surface area contributed by atoms with E-state index in [9.17, 15) is 0 Å². The minimum absolute atomic E-state index is 0.615. The van der Waals surface area contributed by atoms with Crippen LogP contribution in [-0.4, -0.2) is 14.4 Å². The predicted octanol–water partition coefficient (Wildman–Crippen LogP) is 6.04. The lowest BCUT2D eigenvalue weighted by Gasteiger charge is -2.17. The highest BCUT2D eigenvalue weighted by molar-refractivity contribution is 14.1. The molecule has 0 saturated carbocycles. The van der Waals surface area contributed by atoms with Gasteiger partial charge in [-0.2, -0.15) is 0 Å². The van der Waals surface area contributed by atoms with Crippen molar-refractivity contribution in [2.75, 3.05) is 4.43 Å². The Morgan fingerprint density at radius 3 is 2.74 bits per heavy atom. The molecule has 23 heavy (non-hydrogen) atoms. The first kappa shape index (κ1) is 20.1. The van der Waals surface area contributed by atoms with Gasteiger partial charge in [0.1, 0.15) is 5.82 Å². The van der Waals surface area contributed by atoms with E-state index in [1.807, 2.05) is 31.3 Å². The monoisotopic (exact) mass is 424 g/mol.